The van der Waals surface area contributed by atoms with Crippen LogP contribution in [0.3, 0.4) is 0 Å². The average Bonchev–Trinajstić information content (AvgIpc) is 3.38. The number of aromatic hydroxyl groups is 1. The molecule has 1 saturated heterocycles. The van der Waals surface area contributed by atoms with Crippen molar-refractivity contribution in [2.24, 2.45) is 4.99 Å². The van der Waals surface area contributed by atoms with Crippen molar-refractivity contribution in [3.8, 4) is 5.88 Å². The van der Waals surface area contributed by atoms with Gasteiger partial charge in [0.15, 0.2) is 5.88 Å². The number of H-pyrrole nitrogens is 1. The molecule has 0 aliphatic carbocycles. The van der Waals surface area contributed by atoms with E-state index in [2.05, 4.69) is 21.8 Å². The number of likely N-dealkylation sites (N-methyl/N-ethyl adjacent to an activating group) is 2. The van der Waals surface area contributed by atoms with Crippen molar-refractivity contribution in [3.05, 3.63) is 89.0 Å². The van der Waals surface area contributed by atoms with E-state index in [1.54, 1.807) is 66.5 Å². The summed E-state index contributed by atoms with van der Waals surface area (Å²) in [6, 6.07) is 18.8. The number of carbonyl (C=O) groups excluding carboxylic acids is 3. The number of carbonyl (C=O) groups is 3. The molecule has 4 aromatic rings. The van der Waals surface area contributed by atoms with Crippen molar-refractivity contribution in [2.75, 3.05) is 65.9 Å². The van der Waals surface area contributed by atoms with Gasteiger partial charge in [-0.3, -0.25) is 9.69 Å². The summed E-state index contributed by atoms with van der Waals surface area (Å²) in [5.74, 6) is -1.12. The van der Waals surface area contributed by atoms with E-state index in [4.69, 9.17) is 14.5 Å². The lowest BCUT2D eigenvalue weighted by molar-refractivity contribution is -0.119. The number of fused-ring (bicyclic) bond motifs is 1. The zero-order valence-corrected chi connectivity index (χ0v) is 25.2. The van der Waals surface area contributed by atoms with Crippen molar-refractivity contribution in [3.63, 3.8) is 0 Å². The Bertz CT molecular complexity index is 1700. The molecule has 11 heteroatoms. The minimum Gasteiger partial charge on any atom is -0.494 e. The van der Waals surface area contributed by atoms with Gasteiger partial charge >= 0.3 is 11.9 Å². The molecule has 0 radical (unpaired) electrons. The quantitative estimate of drug-likeness (QED) is 0.232. The van der Waals surface area contributed by atoms with Crippen LogP contribution in [-0.4, -0.2) is 104 Å². The first-order chi connectivity index (χ1) is 21.2. The second-order valence-electron chi connectivity index (χ2n) is 10.7. The molecule has 11 nitrogen and oxygen atoms in total. The van der Waals surface area contributed by atoms with E-state index in [0.29, 0.717) is 51.1 Å². The molecular weight excluding hydrogens is 562 g/mol. The summed E-state index contributed by atoms with van der Waals surface area (Å²) < 4.78 is 9.73. The molecular formula is C33H35N5O6. The molecule has 2 N–H and O–H groups in total. The largest absolute Gasteiger partial charge is 0.494 e. The number of methoxy groups -OCH3 is 2. The highest BCUT2D eigenvalue weighted by Crippen LogP contribution is 2.33. The van der Waals surface area contributed by atoms with Crippen LogP contribution in [0.2, 0.25) is 0 Å². The number of aromatic amines is 1. The van der Waals surface area contributed by atoms with Crippen molar-refractivity contribution in [1.29, 1.82) is 0 Å². The molecule has 2 heterocycles. The number of nitrogens with zero attached hydrogens (tertiary/aromatic N) is 4. The summed E-state index contributed by atoms with van der Waals surface area (Å²) in [7, 11) is 6.46. The van der Waals surface area contributed by atoms with Crippen LogP contribution in [0.15, 0.2) is 71.7 Å². The zero-order chi connectivity index (χ0) is 31.4. The Balaban J connectivity index is 1.50. The fourth-order valence-electron chi connectivity index (χ4n) is 5.14. The third kappa shape index (κ3) is 6.48. The summed E-state index contributed by atoms with van der Waals surface area (Å²) in [4.78, 5) is 51.3. The second-order valence-corrected chi connectivity index (χ2v) is 10.7. The summed E-state index contributed by atoms with van der Waals surface area (Å²) in [6.45, 7) is 3.94. The van der Waals surface area contributed by atoms with E-state index in [-0.39, 0.29) is 11.8 Å². The van der Waals surface area contributed by atoms with Gasteiger partial charge < -0.3 is 29.4 Å². The summed E-state index contributed by atoms with van der Waals surface area (Å²) in [5, 5.41) is 11.6. The van der Waals surface area contributed by atoms with Gasteiger partial charge in [-0.1, -0.05) is 12.1 Å². The molecule has 44 heavy (non-hydrogen) atoms. The first kappa shape index (κ1) is 30.5. The number of hydrogen-bond donors (Lipinski definition) is 2. The molecule has 0 bridgehead atoms. The predicted octanol–water partition coefficient (Wildman–Crippen LogP) is 3.83. The highest BCUT2D eigenvalue weighted by Gasteiger charge is 2.22. The van der Waals surface area contributed by atoms with E-state index < -0.39 is 11.9 Å². The molecule has 1 aromatic heterocycles. The summed E-state index contributed by atoms with van der Waals surface area (Å²) in [5.41, 5.74) is 3.96. The number of aliphatic imine (C=N–C) groups is 1. The maximum Gasteiger partial charge on any atom is 0.337 e. The third-order valence-electron chi connectivity index (χ3n) is 7.82. The number of anilines is 1. The SMILES string of the molecule is COC(=O)c1ccc(C(=Nc2ccc(N(C)C(=O)CN3CCN(C)CC3)cc2)c2c(O)[nH]c3ccc(C(=O)OC)cc23)cc1. The van der Waals surface area contributed by atoms with Crippen molar-refractivity contribution in [2.45, 2.75) is 0 Å². The summed E-state index contributed by atoms with van der Waals surface area (Å²) >= 11 is 0. The Morgan fingerprint density at radius 3 is 2.09 bits per heavy atom. The number of rotatable bonds is 8. The van der Waals surface area contributed by atoms with Gasteiger partial charge in [0.2, 0.25) is 5.91 Å². The van der Waals surface area contributed by atoms with Crippen LogP contribution in [0.5, 0.6) is 5.88 Å². The van der Waals surface area contributed by atoms with E-state index >= 15 is 0 Å². The maximum absolute atomic E-state index is 13.0. The molecule has 1 aliphatic heterocycles. The molecule has 3 aromatic carbocycles. The number of ether oxygens (including phenoxy) is 2. The molecule has 1 fully saturated rings. The highest BCUT2D eigenvalue weighted by molar-refractivity contribution is 6.22. The lowest BCUT2D eigenvalue weighted by atomic mass is 9.98. The zero-order valence-electron chi connectivity index (χ0n) is 25.2. The van der Waals surface area contributed by atoms with Gasteiger partial charge in [0.05, 0.1) is 48.9 Å². The lowest BCUT2D eigenvalue weighted by Gasteiger charge is -2.32. The van der Waals surface area contributed by atoms with Crippen LogP contribution in [0.25, 0.3) is 10.9 Å². The van der Waals surface area contributed by atoms with Crippen LogP contribution in [-0.2, 0) is 14.3 Å². The van der Waals surface area contributed by atoms with Crippen molar-refractivity contribution >= 4 is 45.8 Å². The van der Waals surface area contributed by atoms with Crippen molar-refractivity contribution in [1.82, 2.24) is 14.8 Å². The van der Waals surface area contributed by atoms with Gasteiger partial charge in [-0.2, -0.15) is 0 Å². The molecule has 5 rings (SSSR count). The van der Waals surface area contributed by atoms with Crippen LogP contribution in [0.1, 0.15) is 31.8 Å². The number of amides is 1. The molecule has 0 atom stereocenters. The Morgan fingerprint density at radius 1 is 0.864 bits per heavy atom. The van der Waals surface area contributed by atoms with Gasteiger partial charge in [-0.05, 0) is 61.6 Å². The second kappa shape index (κ2) is 13.1. The third-order valence-corrected chi connectivity index (χ3v) is 7.82. The minimum atomic E-state index is -0.513. The highest BCUT2D eigenvalue weighted by atomic mass is 16.5. The number of esters is 2. The number of benzene rings is 3. The maximum atomic E-state index is 13.0. The van der Waals surface area contributed by atoms with E-state index in [1.807, 2.05) is 12.1 Å². The first-order valence-corrected chi connectivity index (χ1v) is 14.2. The number of hydrogen-bond acceptors (Lipinski definition) is 9. The van der Waals surface area contributed by atoms with E-state index in [9.17, 15) is 19.5 Å². The van der Waals surface area contributed by atoms with Crippen LogP contribution in [0.4, 0.5) is 11.4 Å². The first-order valence-electron chi connectivity index (χ1n) is 14.2. The molecule has 0 unspecified atom stereocenters. The van der Waals surface area contributed by atoms with Gasteiger partial charge in [0, 0.05) is 55.4 Å². The molecule has 0 saturated carbocycles. The van der Waals surface area contributed by atoms with Gasteiger partial charge in [-0.25, -0.2) is 14.6 Å². The normalized spacial score (nSPS) is 14.4. The Kier molecular flexibility index (Phi) is 9.07. The van der Waals surface area contributed by atoms with Gasteiger partial charge in [0.1, 0.15) is 0 Å². The molecule has 0 spiro atoms. The van der Waals surface area contributed by atoms with Crippen LogP contribution < -0.4 is 4.90 Å². The van der Waals surface area contributed by atoms with Crippen LogP contribution >= 0.6 is 0 Å². The smallest absolute Gasteiger partial charge is 0.337 e. The molecule has 228 valence electrons. The van der Waals surface area contributed by atoms with Crippen molar-refractivity contribution < 1.29 is 29.0 Å². The Hall–Kier alpha value is -5.00. The molecule has 1 amide bonds. The average molecular weight is 598 g/mol. The van der Waals surface area contributed by atoms with E-state index in [0.717, 1.165) is 31.9 Å². The fourth-order valence-corrected chi connectivity index (χ4v) is 5.14. The monoisotopic (exact) mass is 597 g/mol. The van der Waals surface area contributed by atoms with Gasteiger partial charge in [0.25, 0.3) is 0 Å². The predicted molar refractivity (Wildman–Crippen MR) is 168 cm³/mol. The number of aromatic nitrogens is 1. The lowest BCUT2D eigenvalue weighted by Crippen LogP contribution is -2.48. The number of nitrogens with one attached hydrogen (secondary N) is 1. The van der Waals surface area contributed by atoms with Gasteiger partial charge in [-0.15, -0.1) is 0 Å². The molecule has 1 aliphatic rings. The topological polar surface area (TPSA) is 128 Å². The summed E-state index contributed by atoms with van der Waals surface area (Å²) in [6.07, 6.45) is 0. The fraction of sp³-hybridized carbons (Fsp3) is 0.273. The Morgan fingerprint density at radius 2 is 1.45 bits per heavy atom. The Labute approximate surface area is 255 Å². The standard InChI is InChI=1S/C33H35N5O6/c1-36-15-17-38(18-16-36)20-28(39)37(2)25-12-10-24(11-13-25)34-30(21-5-7-22(8-6-21)32(41)43-3)29-26-19-23(33(42)44-4)9-14-27(26)35-31(29)40/h5-14,19,35,40H,15-18,20H2,1-4H3. The van der Waals surface area contributed by atoms with Crippen LogP contribution in [0, 0.1) is 0 Å². The number of piperazine rings is 1. The van der Waals surface area contributed by atoms with E-state index in [1.165, 1.54) is 14.2 Å². The minimum absolute atomic E-state index is 0.00214.